The molecule has 7 nitrogen and oxygen atoms in total. The summed E-state index contributed by atoms with van der Waals surface area (Å²) in [7, 11) is -3.78. The van der Waals surface area contributed by atoms with Crippen molar-refractivity contribution in [3.63, 3.8) is 0 Å². The fraction of sp³-hybridized carbons (Fsp3) is 0.500. The number of nitrogens with two attached hydrogens (primary N) is 1. The van der Waals surface area contributed by atoms with Crippen molar-refractivity contribution in [3.05, 3.63) is 18.2 Å². The maximum atomic E-state index is 12.3. The van der Waals surface area contributed by atoms with E-state index in [9.17, 15) is 13.2 Å². The van der Waals surface area contributed by atoms with E-state index in [1.807, 2.05) is 39.2 Å². The summed E-state index contributed by atoms with van der Waals surface area (Å²) in [5.74, 6) is -0.0718. The van der Waals surface area contributed by atoms with Crippen LogP contribution in [0.3, 0.4) is 0 Å². The Hall–Kier alpha value is -1.58. The molecule has 0 radical (unpaired) electrons. The SMILES string of the molecule is CCn1c(SC(C)C(=O)NC(C)(C)C)nc2cc(S(N)(=O)=O)ccc21. The van der Waals surface area contributed by atoms with E-state index in [0.29, 0.717) is 17.2 Å². The molecular weight excluding hydrogens is 360 g/mol. The van der Waals surface area contributed by atoms with Crippen molar-refractivity contribution >= 4 is 38.7 Å². The van der Waals surface area contributed by atoms with E-state index in [1.165, 1.54) is 23.9 Å². The van der Waals surface area contributed by atoms with Gasteiger partial charge in [0.05, 0.1) is 21.2 Å². The van der Waals surface area contributed by atoms with Crippen LogP contribution in [0, 0.1) is 0 Å². The molecule has 0 spiro atoms. The molecule has 138 valence electrons. The van der Waals surface area contributed by atoms with Crippen molar-refractivity contribution in [1.82, 2.24) is 14.9 Å². The topological polar surface area (TPSA) is 107 Å². The van der Waals surface area contributed by atoms with Gasteiger partial charge >= 0.3 is 0 Å². The van der Waals surface area contributed by atoms with Gasteiger partial charge in [0, 0.05) is 12.1 Å². The van der Waals surface area contributed by atoms with Crippen LogP contribution in [0.4, 0.5) is 0 Å². The summed E-state index contributed by atoms with van der Waals surface area (Å²) in [5, 5.41) is 8.46. The number of nitrogens with one attached hydrogen (secondary N) is 1. The lowest BCUT2D eigenvalue weighted by Crippen LogP contribution is -2.44. The largest absolute Gasteiger partial charge is 0.351 e. The summed E-state index contributed by atoms with van der Waals surface area (Å²) in [6, 6.07) is 4.62. The molecule has 0 saturated heterocycles. The maximum absolute atomic E-state index is 12.3. The van der Waals surface area contributed by atoms with Gasteiger partial charge in [-0.25, -0.2) is 18.5 Å². The molecule has 25 heavy (non-hydrogen) atoms. The van der Waals surface area contributed by atoms with Gasteiger partial charge in [-0.1, -0.05) is 11.8 Å². The molecule has 0 aliphatic rings. The molecular formula is C16H24N4O3S2. The van der Waals surface area contributed by atoms with Crippen LogP contribution in [0.25, 0.3) is 11.0 Å². The third kappa shape index (κ3) is 4.74. The zero-order valence-electron chi connectivity index (χ0n) is 15.0. The third-order valence-electron chi connectivity index (χ3n) is 3.48. The van der Waals surface area contributed by atoms with Crippen molar-refractivity contribution < 1.29 is 13.2 Å². The number of aryl methyl sites for hydroxylation is 1. The van der Waals surface area contributed by atoms with E-state index < -0.39 is 10.0 Å². The minimum atomic E-state index is -3.78. The number of nitrogens with zero attached hydrogens (tertiary/aromatic N) is 2. The van der Waals surface area contributed by atoms with Gasteiger partial charge < -0.3 is 9.88 Å². The Morgan fingerprint density at radius 2 is 2.04 bits per heavy atom. The van der Waals surface area contributed by atoms with Crippen LogP contribution in [0.2, 0.25) is 0 Å². The van der Waals surface area contributed by atoms with Gasteiger partial charge in [0.15, 0.2) is 5.16 Å². The monoisotopic (exact) mass is 384 g/mol. The molecule has 9 heteroatoms. The van der Waals surface area contributed by atoms with Crippen LogP contribution in [0.5, 0.6) is 0 Å². The summed E-state index contributed by atoms with van der Waals surface area (Å²) in [6.45, 7) is 10.2. The molecule has 0 fully saturated rings. The van der Waals surface area contributed by atoms with Crippen LogP contribution in [-0.4, -0.2) is 34.7 Å². The lowest BCUT2D eigenvalue weighted by molar-refractivity contribution is -0.121. The van der Waals surface area contributed by atoms with Gasteiger partial charge in [-0.15, -0.1) is 0 Å². The van der Waals surface area contributed by atoms with E-state index in [2.05, 4.69) is 10.3 Å². The van der Waals surface area contributed by atoms with Crippen molar-refractivity contribution in [2.75, 3.05) is 0 Å². The molecule has 1 heterocycles. The van der Waals surface area contributed by atoms with Crippen LogP contribution in [0.1, 0.15) is 34.6 Å². The highest BCUT2D eigenvalue weighted by Crippen LogP contribution is 2.28. The second-order valence-corrected chi connectivity index (χ2v) is 9.70. The highest BCUT2D eigenvalue weighted by atomic mass is 32.2. The van der Waals surface area contributed by atoms with Crippen LogP contribution >= 0.6 is 11.8 Å². The summed E-state index contributed by atoms with van der Waals surface area (Å²) in [5.41, 5.74) is 1.04. The maximum Gasteiger partial charge on any atom is 0.238 e. The average Bonchev–Trinajstić information content (AvgIpc) is 2.80. The first-order valence-corrected chi connectivity index (χ1v) is 10.4. The third-order valence-corrected chi connectivity index (χ3v) is 5.48. The number of hydrogen-bond donors (Lipinski definition) is 2. The van der Waals surface area contributed by atoms with Crippen molar-refractivity contribution in [1.29, 1.82) is 0 Å². The number of benzene rings is 1. The number of sulfonamides is 1. The highest BCUT2D eigenvalue weighted by Gasteiger charge is 2.23. The summed E-state index contributed by atoms with van der Waals surface area (Å²) >= 11 is 1.34. The van der Waals surface area contributed by atoms with Gasteiger partial charge in [-0.05, 0) is 52.8 Å². The zero-order valence-corrected chi connectivity index (χ0v) is 16.7. The number of thioether (sulfide) groups is 1. The second kappa shape index (κ2) is 6.97. The van der Waals surface area contributed by atoms with Gasteiger partial charge in [0.25, 0.3) is 0 Å². The molecule has 0 aliphatic carbocycles. The zero-order chi connectivity index (χ0) is 19.0. The average molecular weight is 385 g/mol. The fourth-order valence-corrected chi connectivity index (χ4v) is 3.86. The Kier molecular flexibility index (Phi) is 5.50. The van der Waals surface area contributed by atoms with Gasteiger partial charge in [-0.2, -0.15) is 0 Å². The summed E-state index contributed by atoms with van der Waals surface area (Å²) in [4.78, 5) is 16.8. The molecule has 1 aromatic heterocycles. The molecule has 2 aromatic rings. The number of imidazole rings is 1. The van der Waals surface area contributed by atoms with E-state index in [4.69, 9.17) is 5.14 Å². The van der Waals surface area contributed by atoms with E-state index in [-0.39, 0.29) is 21.6 Å². The standard InChI is InChI=1S/C16H24N4O3S2/c1-6-20-13-8-7-11(25(17,22)23)9-12(13)18-15(20)24-10(2)14(21)19-16(3,4)5/h7-10H,6H2,1-5H3,(H,19,21)(H2,17,22,23). The van der Waals surface area contributed by atoms with Crippen LogP contribution in [-0.2, 0) is 21.4 Å². The van der Waals surface area contributed by atoms with Crippen LogP contribution < -0.4 is 10.5 Å². The number of fused-ring (bicyclic) bond motifs is 1. The number of carbonyl (C=O) groups is 1. The Bertz CT molecular complexity index is 898. The minimum Gasteiger partial charge on any atom is -0.351 e. The molecule has 1 aromatic carbocycles. The molecule has 0 saturated carbocycles. The Morgan fingerprint density at radius 1 is 1.40 bits per heavy atom. The fourth-order valence-electron chi connectivity index (χ4n) is 2.34. The number of primary sulfonamides is 1. The normalized spacial score (nSPS) is 13.8. The molecule has 1 amide bonds. The lowest BCUT2D eigenvalue weighted by atomic mass is 10.1. The summed E-state index contributed by atoms with van der Waals surface area (Å²) in [6.07, 6.45) is 0. The second-order valence-electron chi connectivity index (χ2n) is 6.83. The number of amides is 1. The van der Waals surface area contributed by atoms with Crippen LogP contribution in [0.15, 0.2) is 28.3 Å². The first-order valence-electron chi connectivity index (χ1n) is 7.94. The van der Waals surface area contributed by atoms with Crippen molar-refractivity contribution in [3.8, 4) is 0 Å². The minimum absolute atomic E-state index is 0.0239. The van der Waals surface area contributed by atoms with Gasteiger partial charge in [0.2, 0.25) is 15.9 Å². The van der Waals surface area contributed by atoms with Crippen molar-refractivity contribution in [2.24, 2.45) is 5.14 Å². The number of carbonyl (C=O) groups excluding carboxylic acids is 1. The highest BCUT2D eigenvalue weighted by molar-refractivity contribution is 8.00. The first kappa shape index (κ1) is 19.7. The number of hydrogen-bond acceptors (Lipinski definition) is 5. The molecule has 1 unspecified atom stereocenters. The van der Waals surface area contributed by atoms with Crippen molar-refractivity contribution in [2.45, 2.75) is 62.0 Å². The van der Waals surface area contributed by atoms with E-state index in [1.54, 1.807) is 6.07 Å². The molecule has 0 bridgehead atoms. The van der Waals surface area contributed by atoms with Gasteiger partial charge in [-0.3, -0.25) is 4.79 Å². The predicted molar refractivity (Wildman–Crippen MR) is 100.0 cm³/mol. The molecule has 1 atom stereocenters. The molecule has 2 rings (SSSR count). The van der Waals surface area contributed by atoms with E-state index in [0.717, 1.165) is 5.52 Å². The smallest absolute Gasteiger partial charge is 0.238 e. The lowest BCUT2D eigenvalue weighted by Gasteiger charge is -2.23. The number of aromatic nitrogens is 2. The number of rotatable bonds is 5. The Morgan fingerprint density at radius 3 is 2.56 bits per heavy atom. The predicted octanol–water partition coefficient (Wildman–Crippen LogP) is 2.10. The quantitative estimate of drug-likeness (QED) is 0.768. The Balaban J connectivity index is 2.36. The summed E-state index contributed by atoms with van der Waals surface area (Å²) < 4.78 is 25.0. The Labute approximate surface area is 152 Å². The van der Waals surface area contributed by atoms with Gasteiger partial charge in [0.1, 0.15) is 0 Å². The molecule has 3 N–H and O–H groups in total. The molecule has 0 aliphatic heterocycles. The van der Waals surface area contributed by atoms with E-state index >= 15 is 0 Å². The first-order chi connectivity index (χ1) is 11.4.